The van der Waals surface area contributed by atoms with Crippen LogP contribution in [0.3, 0.4) is 0 Å². The van der Waals surface area contributed by atoms with E-state index in [0.717, 1.165) is 0 Å². The number of urea groups is 1. The fraction of sp³-hybridized carbons (Fsp3) is 0.875. The second-order valence-corrected chi connectivity index (χ2v) is 6.41. The van der Waals surface area contributed by atoms with Crippen molar-refractivity contribution in [3.8, 4) is 0 Å². The number of hydrogen-bond acceptors (Lipinski definition) is 3. The molecule has 1 heterocycles. The summed E-state index contributed by atoms with van der Waals surface area (Å²) in [6, 6.07) is -0.246. The zero-order valence-electron chi connectivity index (χ0n) is 8.70. The minimum Gasteiger partial charge on any atom is -0.332 e. The second kappa shape index (κ2) is 3.42. The molecule has 1 N–H and O–H groups in total. The van der Waals surface area contributed by atoms with E-state index in [1.54, 1.807) is 21.0 Å². The molecular weight excluding hydrogens is 204 g/mol. The lowest BCUT2D eigenvalue weighted by Crippen LogP contribution is -2.50. The van der Waals surface area contributed by atoms with Crippen LogP contribution < -0.4 is 5.32 Å². The Hall–Kier alpha value is -0.780. The van der Waals surface area contributed by atoms with Crippen LogP contribution in [0.5, 0.6) is 0 Å². The van der Waals surface area contributed by atoms with Gasteiger partial charge in [-0.1, -0.05) is 0 Å². The van der Waals surface area contributed by atoms with Gasteiger partial charge in [0.15, 0.2) is 9.84 Å². The molecule has 14 heavy (non-hydrogen) atoms. The Morgan fingerprint density at radius 3 is 2.36 bits per heavy atom. The van der Waals surface area contributed by atoms with Crippen LogP contribution in [0.2, 0.25) is 0 Å². The average molecular weight is 220 g/mol. The SMILES string of the molecule is CN(C)C(=O)NC1(C)CCS(=O)(=O)C1. The molecule has 1 saturated heterocycles. The summed E-state index contributed by atoms with van der Waals surface area (Å²) in [5.41, 5.74) is -0.597. The molecule has 0 bridgehead atoms. The summed E-state index contributed by atoms with van der Waals surface area (Å²) in [5.74, 6) is 0.205. The van der Waals surface area contributed by atoms with Crippen molar-refractivity contribution >= 4 is 15.9 Å². The number of nitrogens with one attached hydrogen (secondary N) is 1. The van der Waals surface area contributed by atoms with Gasteiger partial charge >= 0.3 is 6.03 Å². The first-order valence-corrected chi connectivity index (χ1v) is 6.26. The molecule has 0 spiro atoms. The van der Waals surface area contributed by atoms with Crippen LogP contribution in [0.15, 0.2) is 0 Å². The van der Waals surface area contributed by atoms with Gasteiger partial charge in [-0.2, -0.15) is 0 Å². The number of nitrogens with zero attached hydrogens (tertiary/aromatic N) is 1. The third-order valence-corrected chi connectivity index (χ3v) is 4.22. The van der Waals surface area contributed by atoms with E-state index in [2.05, 4.69) is 5.32 Å². The van der Waals surface area contributed by atoms with Crippen molar-refractivity contribution in [2.45, 2.75) is 18.9 Å². The predicted molar refractivity (Wildman–Crippen MR) is 53.9 cm³/mol. The Balaban J connectivity index is 2.66. The minimum absolute atomic E-state index is 0.0412. The fourth-order valence-electron chi connectivity index (χ4n) is 1.48. The second-order valence-electron chi connectivity index (χ2n) is 4.23. The molecule has 2 amide bonds. The Morgan fingerprint density at radius 2 is 2.00 bits per heavy atom. The van der Waals surface area contributed by atoms with Crippen LogP contribution in [0.4, 0.5) is 4.79 Å². The standard InChI is InChI=1S/C8H16N2O3S/c1-8(9-7(11)10(2)3)4-5-14(12,13)6-8/h4-6H2,1-3H3,(H,9,11). The van der Waals surface area contributed by atoms with E-state index in [1.807, 2.05) is 0 Å². The summed E-state index contributed by atoms with van der Waals surface area (Å²) in [6.45, 7) is 1.76. The summed E-state index contributed by atoms with van der Waals surface area (Å²) < 4.78 is 22.5. The highest BCUT2D eigenvalue weighted by Gasteiger charge is 2.39. The van der Waals surface area contributed by atoms with E-state index in [0.29, 0.717) is 6.42 Å². The summed E-state index contributed by atoms with van der Waals surface area (Å²) in [4.78, 5) is 12.7. The molecule has 5 nitrogen and oxygen atoms in total. The van der Waals surface area contributed by atoms with Gasteiger partial charge in [0.1, 0.15) is 0 Å². The number of amides is 2. The molecule has 1 aliphatic rings. The van der Waals surface area contributed by atoms with E-state index in [9.17, 15) is 13.2 Å². The maximum Gasteiger partial charge on any atom is 0.317 e. The van der Waals surface area contributed by atoms with E-state index in [-0.39, 0.29) is 17.5 Å². The first-order chi connectivity index (χ1) is 6.24. The van der Waals surface area contributed by atoms with Crippen molar-refractivity contribution in [2.24, 2.45) is 0 Å². The molecule has 1 unspecified atom stereocenters. The molecule has 1 atom stereocenters. The van der Waals surface area contributed by atoms with Gasteiger partial charge in [0.05, 0.1) is 17.0 Å². The van der Waals surface area contributed by atoms with Crippen LogP contribution in [0, 0.1) is 0 Å². The Morgan fingerprint density at radius 1 is 1.43 bits per heavy atom. The first kappa shape index (κ1) is 11.3. The zero-order chi connectivity index (χ0) is 11.0. The molecule has 1 aliphatic heterocycles. The molecule has 0 saturated carbocycles. The van der Waals surface area contributed by atoms with Gasteiger partial charge in [-0.15, -0.1) is 0 Å². The van der Waals surface area contributed by atoms with E-state index < -0.39 is 15.4 Å². The molecule has 0 aromatic carbocycles. The third kappa shape index (κ3) is 2.60. The van der Waals surface area contributed by atoms with Crippen LogP contribution in [-0.4, -0.2) is 50.5 Å². The number of hydrogen-bond donors (Lipinski definition) is 1. The normalized spacial score (nSPS) is 29.9. The van der Waals surface area contributed by atoms with Crippen molar-refractivity contribution in [1.82, 2.24) is 10.2 Å². The molecule has 1 fully saturated rings. The largest absolute Gasteiger partial charge is 0.332 e. The smallest absolute Gasteiger partial charge is 0.317 e. The molecule has 82 valence electrons. The summed E-state index contributed by atoms with van der Waals surface area (Å²) in [7, 11) is 0.296. The Bertz CT molecular complexity index is 336. The van der Waals surface area contributed by atoms with Crippen molar-refractivity contribution in [1.29, 1.82) is 0 Å². The lowest BCUT2D eigenvalue weighted by atomic mass is 10.0. The molecule has 6 heteroatoms. The highest BCUT2D eigenvalue weighted by Crippen LogP contribution is 2.22. The maximum absolute atomic E-state index is 11.3. The van der Waals surface area contributed by atoms with Gasteiger partial charge in [-0.25, -0.2) is 13.2 Å². The monoisotopic (exact) mass is 220 g/mol. The molecule has 0 aromatic heterocycles. The van der Waals surface area contributed by atoms with E-state index in [1.165, 1.54) is 4.90 Å². The van der Waals surface area contributed by atoms with Crippen LogP contribution in [0.1, 0.15) is 13.3 Å². The highest BCUT2D eigenvalue weighted by atomic mass is 32.2. The quantitative estimate of drug-likeness (QED) is 0.667. The molecule has 0 aliphatic carbocycles. The topological polar surface area (TPSA) is 66.5 Å². The first-order valence-electron chi connectivity index (χ1n) is 4.44. The van der Waals surface area contributed by atoms with Crippen molar-refractivity contribution in [3.63, 3.8) is 0 Å². The predicted octanol–water partition coefficient (Wildman–Crippen LogP) is -0.165. The maximum atomic E-state index is 11.3. The number of carbonyl (C=O) groups is 1. The van der Waals surface area contributed by atoms with Gasteiger partial charge in [0.25, 0.3) is 0 Å². The third-order valence-electron chi connectivity index (χ3n) is 2.32. The lowest BCUT2D eigenvalue weighted by molar-refractivity contribution is 0.206. The van der Waals surface area contributed by atoms with Gasteiger partial charge < -0.3 is 10.2 Å². The molecule has 1 rings (SSSR count). The molecule has 0 radical (unpaired) electrons. The van der Waals surface area contributed by atoms with Crippen LogP contribution in [0.25, 0.3) is 0 Å². The lowest BCUT2D eigenvalue weighted by Gasteiger charge is -2.25. The van der Waals surface area contributed by atoms with Crippen molar-refractivity contribution < 1.29 is 13.2 Å². The number of rotatable bonds is 1. The average Bonchev–Trinajstić information content (AvgIpc) is 2.25. The van der Waals surface area contributed by atoms with Gasteiger partial charge in [-0.05, 0) is 13.3 Å². The van der Waals surface area contributed by atoms with Crippen molar-refractivity contribution in [2.75, 3.05) is 25.6 Å². The number of sulfone groups is 1. The Kier molecular flexibility index (Phi) is 2.76. The molecule has 0 aromatic rings. The van der Waals surface area contributed by atoms with Crippen LogP contribution in [-0.2, 0) is 9.84 Å². The van der Waals surface area contributed by atoms with E-state index in [4.69, 9.17) is 0 Å². The fourth-order valence-corrected chi connectivity index (χ4v) is 3.57. The zero-order valence-corrected chi connectivity index (χ0v) is 9.52. The summed E-state index contributed by atoms with van der Waals surface area (Å²) in [6.07, 6.45) is 0.495. The highest BCUT2D eigenvalue weighted by molar-refractivity contribution is 7.91. The van der Waals surface area contributed by atoms with Gasteiger partial charge in [0, 0.05) is 14.1 Å². The minimum atomic E-state index is -2.96. The summed E-state index contributed by atoms with van der Waals surface area (Å²) >= 11 is 0. The Labute approximate surface area is 84.4 Å². The number of carbonyl (C=O) groups excluding carboxylic acids is 1. The van der Waals surface area contributed by atoms with E-state index >= 15 is 0 Å². The van der Waals surface area contributed by atoms with Crippen molar-refractivity contribution in [3.05, 3.63) is 0 Å². The molecular formula is C8H16N2O3S. The summed E-state index contributed by atoms with van der Waals surface area (Å²) in [5, 5.41) is 2.72. The van der Waals surface area contributed by atoms with Gasteiger partial charge in [-0.3, -0.25) is 0 Å². The van der Waals surface area contributed by atoms with Crippen LogP contribution >= 0.6 is 0 Å². The van der Waals surface area contributed by atoms with Gasteiger partial charge in [0.2, 0.25) is 0 Å².